The van der Waals surface area contributed by atoms with Crippen molar-refractivity contribution in [3.05, 3.63) is 12.1 Å². The molecule has 23 heavy (non-hydrogen) atoms. The van der Waals surface area contributed by atoms with E-state index in [2.05, 4.69) is 20.9 Å². The van der Waals surface area contributed by atoms with Gasteiger partial charge in [0.2, 0.25) is 0 Å². The summed E-state index contributed by atoms with van der Waals surface area (Å²) in [6, 6.07) is 4.14. The van der Waals surface area contributed by atoms with Gasteiger partial charge in [-0.3, -0.25) is 0 Å². The molecular formula is C16H22N4O2S. The Morgan fingerprint density at radius 1 is 0.957 bits per heavy atom. The standard InChI is InChI=1S/C16H22N4O2S/c21-11-5-8-19(9-6-11)14-4-3-13-15(17-14)18-16(23-13)20-7-1-2-12(22)10-20/h3-4,11-12,21-22H,1-2,5-10H2. The van der Waals surface area contributed by atoms with Crippen molar-refractivity contribution in [1.29, 1.82) is 0 Å². The van der Waals surface area contributed by atoms with Crippen LogP contribution in [0.4, 0.5) is 10.9 Å². The first kappa shape index (κ1) is 15.1. The van der Waals surface area contributed by atoms with Gasteiger partial charge in [-0.25, -0.2) is 4.98 Å². The van der Waals surface area contributed by atoms with Crippen LogP contribution in [0.15, 0.2) is 12.1 Å². The van der Waals surface area contributed by atoms with Gasteiger partial charge in [0.25, 0.3) is 0 Å². The third kappa shape index (κ3) is 3.13. The van der Waals surface area contributed by atoms with Crippen LogP contribution in [-0.4, -0.2) is 58.6 Å². The van der Waals surface area contributed by atoms with Crippen LogP contribution in [-0.2, 0) is 0 Å². The number of pyridine rings is 1. The lowest BCUT2D eigenvalue weighted by atomic mass is 10.1. The van der Waals surface area contributed by atoms with E-state index in [-0.39, 0.29) is 12.2 Å². The minimum atomic E-state index is -0.251. The van der Waals surface area contributed by atoms with Crippen molar-refractivity contribution in [2.24, 2.45) is 0 Å². The number of fused-ring (bicyclic) bond motifs is 1. The van der Waals surface area contributed by atoms with E-state index in [4.69, 9.17) is 4.98 Å². The normalized spacial score (nSPS) is 23.7. The van der Waals surface area contributed by atoms with Crippen LogP contribution < -0.4 is 9.80 Å². The van der Waals surface area contributed by atoms with Crippen LogP contribution in [0.3, 0.4) is 0 Å². The highest BCUT2D eigenvalue weighted by molar-refractivity contribution is 7.22. The number of β-amino-alcohol motifs (C(OH)–C–C–N with tert-alkyl or cyclic N) is 1. The number of thiazole rings is 1. The third-order valence-electron chi connectivity index (χ3n) is 4.68. The SMILES string of the molecule is OC1CCN(c2ccc3sc(N4CCCC(O)C4)nc3n2)CC1. The van der Waals surface area contributed by atoms with Gasteiger partial charge in [0, 0.05) is 26.2 Å². The van der Waals surface area contributed by atoms with Crippen LogP contribution in [0.1, 0.15) is 25.7 Å². The van der Waals surface area contributed by atoms with Crippen molar-refractivity contribution in [3.8, 4) is 0 Å². The summed E-state index contributed by atoms with van der Waals surface area (Å²) in [5, 5.41) is 20.4. The van der Waals surface area contributed by atoms with Gasteiger partial charge in [0.15, 0.2) is 10.8 Å². The summed E-state index contributed by atoms with van der Waals surface area (Å²) in [5.41, 5.74) is 0.786. The minimum Gasteiger partial charge on any atom is -0.393 e. The van der Waals surface area contributed by atoms with Crippen molar-refractivity contribution < 1.29 is 10.2 Å². The summed E-state index contributed by atoms with van der Waals surface area (Å²) in [4.78, 5) is 13.8. The van der Waals surface area contributed by atoms with Crippen LogP contribution in [0.2, 0.25) is 0 Å². The smallest absolute Gasteiger partial charge is 0.188 e. The molecule has 0 saturated carbocycles. The fourth-order valence-electron chi connectivity index (χ4n) is 3.33. The Bertz CT molecular complexity index is 684. The third-order valence-corrected chi connectivity index (χ3v) is 5.75. The van der Waals surface area contributed by atoms with Crippen molar-refractivity contribution in [2.45, 2.75) is 37.9 Å². The van der Waals surface area contributed by atoms with Gasteiger partial charge in [-0.2, -0.15) is 4.98 Å². The molecule has 2 aromatic rings. The van der Waals surface area contributed by atoms with E-state index in [1.807, 2.05) is 6.07 Å². The van der Waals surface area contributed by atoms with E-state index in [0.717, 1.165) is 66.6 Å². The minimum absolute atomic E-state index is 0.175. The molecule has 124 valence electrons. The van der Waals surface area contributed by atoms with Gasteiger partial charge in [0.05, 0.1) is 16.9 Å². The lowest BCUT2D eigenvalue weighted by molar-refractivity contribution is 0.145. The molecule has 0 amide bonds. The maximum atomic E-state index is 9.84. The molecule has 0 spiro atoms. The molecule has 6 nitrogen and oxygen atoms in total. The number of piperidine rings is 2. The van der Waals surface area contributed by atoms with Crippen molar-refractivity contribution in [2.75, 3.05) is 36.0 Å². The second kappa shape index (κ2) is 6.22. The van der Waals surface area contributed by atoms with Gasteiger partial charge in [-0.1, -0.05) is 11.3 Å². The summed E-state index contributed by atoms with van der Waals surface area (Å²) in [5.74, 6) is 0.944. The molecule has 1 atom stereocenters. The fraction of sp³-hybridized carbons (Fsp3) is 0.625. The van der Waals surface area contributed by atoms with E-state index in [1.165, 1.54) is 0 Å². The maximum absolute atomic E-state index is 9.84. The number of hydrogen-bond donors (Lipinski definition) is 2. The van der Waals surface area contributed by atoms with Crippen molar-refractivity contribution >= 4 is 32.6 Å². The van der Waals surface area contributed by atoms with E-state index in [1.54, 1.807) is 11.3 Å². The molecule has 4 heterocycles. The molecule has 0 aliphatic carbocycles. The summed E-state index contributed by atoms with van der Waals surface area (Å²) >= 11 is 1.64. The number of hydrogen-bond acceptors (Lipinski definition) is 7. The highest BCUT2D eigenvalue weighted by atomic mass is 32.1. The Morgan fingerprint density at radius 3 is 2.57 bits per heavy atom. The summed E-state index contributed by atoms with van der Waals surface area (Å²) in [6.45, 7) is 3.30. The zero-order valence-electron chi connectivity index (χ0n) is 13.1. The van der Waals surface area contributed by atoms with Crippen LogP contribution >= 0.6 is 11.3 Å². The Balaban J connectivity index is 1.57. The lowest BCUT2D eigenvalue weighted by Gasteiger charge is -2.30. The number of aliphatic hydroxyl groups is 2. The molecule has 2 saturated heterocycles. The molecule has 2 aliphatic rings. The van der Waals surface area contributed by atoms with Gasteiger partial charge in [-0.15, -0.1) is 0 Å². The molecule has 0 radical (unpaired) electrons. The number of nitrogens with zero attached hydrogens (tertiary/aromatic N) is 4. The number of aliphatic hydroxyl groups excluding tert-OH is 2. The summed E-state index contributed by atoms with van der Waals surface area (Å²) in [6.07, 6.45) is 3.06. The Morgan fingerprint density at radius 2 is 1.78 bits per heavy atom. The second-order valence-corrected chi connectivity index (χ2v) is 7.46. The maximum Gasteiger partial charge on any atom is 0.188 e. The largest absolute Gasteiger partial charge is 0.393 e. The molecule has 4 rings (SSSR count). The lowest BCUT2D eigenvalue weighted by Crippen LogP contribution is -2.38. The Hall–Kier alpha value is -1.44. The molecule has 0 bridgehead atoms. The second-order valence-electron chi connectivity index (χ2n) is 6.45. The average Bonchev–Trinajstić information content (AvgIpc) is 2.99. The first-order valence-corrected chi connectivity index (χ1v) is 9.14. The molecule has 2 aliphatic heterocycles. The Kier molecular flexibility index (Phi) is 4.09. The number of aromatic nitrogens is 2. The first-order chi connectivity index (χ1) is 11.2. The molecule has 0 aromatic carbocycles. The van der Waals surface area contributed by atoms with Crippen LogP contribution in [0.5, 0.6) is 0 Å². The van der Waals surface area contributed by atoms with Crippen molar-refractivity contribution in [1.82, 2.24) is 9.97 Å². The predicted molar refractivity (Wildman–Crippen MR) is 92.3 cm³/mol. The van der Waals surface area contributed by atoms with Gasteiger partial charge >= 0.3 is 0 Å². The predicted octanol–water partition coefficient (Wildman–Crippen LogP) is 1.61. The van der Waals surface area contributed by atoms with Crippen molar-refractivity contribution in [3.63, 3.8) is 0 Å². The van der Waals surface area contributed by atoms with Crippen LogP contribution in [0.25, 0.3) is 10.3 Å². The van der Waals surface area contributed by atoms with Crippen LogP contribution in [0, 0.1) is 0 Å². The van der Waals surface area contributed by atoms with E-state index < -0.39 is 0 Å². The molecule has 2 aromatic heterocycles. The Labute approximate surface area is 139 Å². The molecule has 7 heteroatoms. The van der Waals surface area contributed by atoms with Gasteiger partial charge in [0.1, 0.15) is 5.82 Å². The summed E-state index contributed by atoms with van der Waals surface area (Å²) in [7, 11) is 0. The monoisotopic (exact) mass is 334 g/mol. The van der Waals surface area contributed by atoms with Gasteiger partial charge in [-0.05, 0) is 37.8 Å². The molecule has 1 unspecified atom stereocenters. The fourth-order valence-corrected chi connectivity index (χ4v) is 4.27. The number of rotatable bonds is 2. The van der Waals surface area contributed by atoms with Gasteiger partial charge < -0.3 is 20.0 Å². The topological polar surface area (TPSA) is 72.7 Å². The molecule has 2 fully saturated rings. The van der Waals surface area contributed by atoms with E-state index in [0.29, 0.717) is 6.54 Å². The average molecular weight is 334 g/mol. The van der Waals surface area contributed by atoms with E-state index in [9.17, 15) is 10.2 Å². The molecule has 2 N–H and O–H groups in total. The highest BCUT2D eigenvalue weighted by Gasteiger charge is 2.22. The molecular weight excluding hydrogens is 312 g/mol. The zero-order chi connectivity index (χ0) is 15.8. The quantitative estimate of drug-likeness (QED) is 0.869. The first-order valence-electron chi connectivity index (χ1n) is 8.32. The summed E-state index contributed by atoms with van der Waals surface area (Å²) < 4.78 is 1.08. The zero-order valence-corrected chi connectivity index (χ0v) is 13.9. The number of anilines is 2. The van der Waals surface area contributed by atoms with E-state index >= 15 is 0 Å². The highest BCUT2D eigenvalue weighted by Crippen LogP contribution is 2.31.